The number of benzene rings is 3. The first kappa shape index (κ1) is 40.0. The fourth-order valence-electron chi connectivity index (χ4n) is 5.15. The van der Waals surface area contributed by atoms with Crippen LogP contribution in [0.25, 0.3) is 0 Å². The van der Waals surface area contributed by atoms with Crippen LogP contribution in [-0.4, -0.2) is 76.1 Å². The van der Waals surface area contributed by atoms with E-state index in [9.17, 15) is 22.8 Å². The standard InChI is InChI=1S/C38H52N4O7S/c1-9-20-39-35(43)29-23-30(25-32(24-29)41(7)37(45)49-38(4,5)6)36(44)40-31(22-28-13-11-10-12-14-28)19-21-42(26-27(2)3)50(46,47)34-17-15-33(48-8)16-18-34/h10-18,23-25,27,31H,9,19-22,26H2,1-8H3,(H,39,43)(H,40,44)/t31-/m1/s1. The molecule has 1 atom stereocenters. The van der Waals surface area contributed by atoms with Gasteiger partial charge in [0.25, 0.3) is 11.8 Å². The van der Waals surface area contributed by atoms with E-state index in [-0.39, 0.29) is 40.9 Å². The smallest absolute Gasteiger partial charge is 0.414 e. The van der Waals surface area contributed by atoms with Gasteiger partial charge in [-0.3, -0.25) is 14.5 Å². The van der Waals surface area contributed by atoms with Crippen LogP contribution in [0.5, 0.6) is 5.75 Å². The molecule has 0 aliphatic heterocycles. The van der Waals surface area contributed by atoms with Crippen LogP contribution in [0.1, 0.15) is 80.7 Å². The fourth-order valence-corrected chi connectivity index (χ4v) is 6.77. The average molecular weight is 709 g/mol. The Labute approximate surface area is 297 Å². The molecule has 0 heterocycles. The van der Waals surface area contributed by atoms with Gasteiger partial charge in [-0.1, -0.05) is 51.1 Å². The number of hydrogen-bond acceptors (Lipinski definition) is 7. The second-order valence-electron chi connectivity index (χ2n) is 13.6. The van der Waals surface area contributed by atoms with Gasteiger partial charge in [0, 0.05) is 49.5 Å². The predicted molar refractivity (Wildman–Crippen MR) is 196 cm³/mol. The number of hydrogen-bond donors (Lipinski definition) is 2. The van der Waals surface area contributed by atoms with Gasteiger partial charge in [-0.2, -0.15) is 4.31 Å². The van der Waals surface area contributed by atoms with Gasteiger partial charge in [-0.15, -0.1) is 0 Å². The van der Waals surface area contributed by atoms with Crippen LogP contribution in [0.2, 0.25) is 0 Å². The van der Waals surface area contributed by atoms with Crippen molar-refractivity contribution in [3.05, 3.63) is 89.5 Å². The molecule has 11 nitrogen and oxygen atoms in total. The van der Waals surface area contributed by atoms with Gasteiger partial charge >= 0.3 is 6.09 Å². The van der Waals surface area contributed by atoms with Crippen LogP contribution in [-0.2, 0) is 21.2 Å². The molecule has 0 aromatic heterocycles. The molecule has 3 aromatic carbocycles. The molecule has 0 bridgehead atoms. The monoisotopic (exact) mass is 708 g/mol. The lowest BCUT2D eigenvalue weighted by Gasteiger charge is -2.27. The van der Waals surface area contributed by atoms with E-state index in [1.54, 1.807) is 39.0 Å². The van der Waals surface area contributed by atoms with Crippen molar-refractivity contribution in [2.75, 3.05) is 38.7 Å². The average Bonchev–Trinajstić information content (AvgIpc) is 3.07. The van der Waals surface area contributed by atoms with E-state index in [1.165, 1.54) is 47.6 Å². The van der Waals surface area contributed by atoms with Crippen molar-refractivity contribution in [3.8, 4) is 5.75 Å². The number of rotatable bonds is 16. The molecule has 50 heavy (non-hydrogen) atoms. The molecule has 0 fully saturated rings. The SMILES string of the molecule is CCCNC(=O)c1cc(C(=O)N[C@H](CCN(CC(C)C)S(=O)(=O)c2ccc(OC)cc2)Cc2ccccc2)cc(N(C)C(=O)OC(C)(C)C)c1. The van der Waals surface area contributed by atoms with Crippen molar-refractivity contribution in [2.24, 2.45) is 5.92 Å². The minimum Gasteiger partial charge on any atom is -0.497 e. The minimum atomic E-state index is -3.86. The number of carbonyl (C=O) groups is 3. The maximum atomic E-state index is 14.0. The van der Waals surface area contributed by atoms with Crippen LogP contribution in [0.15, 0.2) is 77.7 Å². The number of methoxy groups -OCH3 is 1. The first-order valence-corrected chi connectivity index (χ1v) is 18.4. The van der Waals surface area contributed by atoms with Crippen molar-refractivity contribution < 1.29 is 32.3 Å². The zero-order valence-electron chi connectivity index (χ0n) is 30.5. The zero-order chi connectivity index (χ0) is 37.1. The summed E-state index contributed by atoms with van der Waals surface area (Å²) in [6.45, 7) is 12.0. The molecule has 12 heteroatoms. The molecule has 0 saturated heterocycles. The predicted octanol–water partition coefficient (Wildman–Crippen LogP) is 6.28. The maximum absolute atomic E-state index is 14.0. The Morgan fingerprint density at radius 3 is 2.08 bits per heavy atom. The summed E-state index contributed by atoms with van der Waals surface area (Å²) in [5.41, 5.74) is 0.898. The van der Waals surface area contributed by atoms with E-state index < -0.39 is 33.7 Å². The topological polar surface area (TPSA) is 134 Å². The largest absolute Gasteiger partial charge is 0.497 e. The Bertz CT molecular complexity index is 1690. The summed E-state index contributed by atoms with van der Waals surface area (Å²) in [5, 5.41) is 5.93. The normalized spacial score (nSPS) is 12.4. The molecule has 0 radical (unpaired) electrons. The highest BCUT2D eigenvalue weighted by atomic mass is 32.2. The van der Waals surface area contributed by atoms with Crippen molar-refractivity contribution in [2.45, 2.75) is 77.3 Å². The molecule has 2 N–H and O–H groups in total. The number of sulfonamides is 1. The number of amides is 3. The number of nitrogens with zero attached hydrogens (tertiary/aromatic N) is 2. The Balaban J connectivity index is 1.96. The van der Waals surface area contributed by atoms with E-state index in [0.717, 1.165) is 12.0 Å². The zero-order valence-corrected chi connectivity index (χ0v) is 31.3. The highest BCUT2D eigenvalue weighted by Gasteiger charge is 2.28. The second kappa shape index (κ2) is 18.0. The number of nitrogens with one attached hydrogen (secondary N) is 2. The van der Waals surface area contributed by atoms with Crippen LogP contribution in [0.4, 0.5) is 10.5 Å². The molecule has 0 saturated carbocycles. The summed E-state index contributed by atoms with van der Waals surface area (Å²) in [6, 6.07) is 20.0. The Morgan fingerprint density at radius 2 is 1.52 bits per heavy atom. The molecule has 3 aromatic rings. The first-order chi connectivity index (χ1) is 23.5. The van der Waals surface area contributed by atoms with Gasteiger partial charge in [0.15, 0.2) is 0 Å². The summed E-state index contributed by atoms with van der Waals surface area (Å²) in [4.78, 5) is 41.4. The van der Waals surface area contributed by atoms with Crippen LogP contribution < -0.4 is 20.3 Å². The van der Waals surface area contributed by atoms with Crippen LogP contribution in [0, 0.1) is 5.92 Å². The van der Waals surface area contributed by atoms with Crippen LogP contribution >= 0.6 is 0 Å². The molecule has 3 amide bonds. The third-order valence-electron chi connectivity index (χ3n) is 7.69. The Morgan fingerprint density at radius 1 is 0.900 bits per heavy atom. The molecule has 0 aliphatic carbocycles. The van der Waals surface area contributed by atoms with E-state index in [4.69, 9.17) is 9.47 Å². The lowest BCUT2D eigenvalue weighted by Crippen LogP contribution is -2.42. The summed E-state index contributed by atoms with van der Waals surface area (Å²) < 4.78 is 39.8. The third-order valence-corrected chi connectivity index (χ3v) is 9.56. The fraction of sp³-hybridized carbons (Fsp3) is 0.447. The summed E-state index contributed by atoms with van der Waals surface area (Å²) in [6.07, 6.45) is 0.829. The van der Waals surface area contributed by atoms with Gasteiger partial charge in [0.1, 0.15) is 11.4 Å². The lowest BCUT2D eigenvalue weighted by molar-refractivity contribution is 0.0588. The Hall–Kier alpha value is -4.42. The van der Waals surface area contributed by atoms with E-state index >= 15 is 0 Å². The van der Waals surface area contributed by atoms with E-state index in [0.29, 0.717) is 30.8 Å². The summed E-state index contributed by atoms with van der Waals surface area (Å²) >= 11 is 0. The van der Waals surface area contributed by atoms with Crippen molar-refractivity contribution in [1.29, 1.82) is 0 Å². The molecular formula is C38H52N4O7S. The third kappa shape index (κ3) is 11.9. The van der Waals surface area contributed by atoms with E-state index in [2.05, 4.69) is 10.6 Å². The molecule has 3 rings (SSSR count). The first-order valence-electron chi connectivity index (χ1n) is 16.9. The van der Waals surface area contributed by atoms with Crippen molar-refractivity contribution in [3.63, 3.8) is 0 Å². The second-order valence-corrected chi connectivity index (χ2v) is 15.6. The van der Waals surface area contributed by atoms with Gasteiger partial charge in [0.05, 0.1) is 12.0 Å². The van der Waals surface area contributed by atoms with Crippen LogP contribution in [0.3, 0.4) is 0 Å². The number of carbonyl (C=O) groups excluding carboxylic acids is 3. The number of ether oxygens (including phenoxy) is 2. The van der Waals surface area contributed by atoms with Gasteiger partial charge in [-0.05, 0) is 94.0 Å². The van der Waals surface area contributed by atoms with Gasteiger partial charge in [0.2, 0.25) is 10.0 Å². The molecule has 272 valence electrons. The molecule has 0 spiro atoms. The van der Waals surface area contributed by atoms with E-state index in [1.807, 2.05) is 51.1 Å². The highest BCUT2D eigenvalue weighted by molar-refractivity contribution is 7.89. The highest BCUT2D eigenvalue weighted by Crippen LogP contribution is 2.24. The van der Waals surface area contributed by atoms with Gasteiger partial charge < -0.3 is 20.1 Å². The quantitative estimate of drug-likeness (QED) is 0.179. The summed E-state index contributed by atoms with van der Waals surface area (Å²) in [7, 11) is -0.820. The van der Waals surface area contributed by atoms with Crippen molar-refractivity contribution >= 4 is 33.6 Å². The van der Waals surface area contributed by atoms with Gasteiger partial charge in [-0.25, -0.2) is 13.2 Å². The lowest BCUT2D eigenvalue weighted by atomic mass is 10.0. The minimum absolute atomic E-state index is 0.0483. The molecule has 0 aliphatic rings. The maximum Gasteiger partial charge on any atom is 0.414 e. The summed E-state index contributed by atoms with van der Waals surface area (Å²) in [5.74, 6) is -0.248. The van der Waals surface area contributed by atoms with Crippen molar-refractivity contribution in [1.82, 2.24) is 14.9 Å². The Kier molecular flexibility index (Phi) is 14.4. The molecule has 0 unspecified atom stereocenters. The number of anilines is 1. The molecular weight excluding hydrogens is 657 g/mol.